The van der Waals surface area contributed by atoms with Crippen molar-refractivity contribution in [3.63, 3.8) is 0 Å². The highest BCUT2D eigenvalue weighted by Gasteiger charge is 2.30. The van der Waals surface area contributed by atoms with E-state index in [2.05, 4.69) is 54.5 Å². The summed E-state index contributed by atoms with van der Waals surface area (Å²) in [5, 5.41) is 7.00. The molecule has 166 valence electrons. The van der Waals surface area contributed by atoms with Gasteiger partial charge in [0, 0.05) is 49.6 Å². The Kier molecular flexibility index (Phi) is 8.91. The summed E-state index contributed by atoms with van der Waals surface area (Å²) in [5.74, 6) is 3.70. The maximum atomic E-state index is 12.8. The molecule has 1 aliphatic carbocycles. The summed E-state index contributed by atoms with van der Waals surface area (Å²) in [5.41, 5.74) is 3.98. The number of nitrogens with zero attached hydrogens (tertiary/aromatic N) is 2. The molecule has 0 unspecified atom stereocenters. The normalized spacial score (nSPS) is 22.6. The van der Waals surface area contributed by atoms with Crippen molar-refractivity contribution in [3.05, 3.63) is 34.9 Å². The third kappa shape index (κ3) is 6.93. The van der Waals surface area contributed by atoms with Gasteiger partial charge in [0.05, 0.1) is 0 Å². The van der Waals surface area contributed by atoms with Gasteiger partial charge in [-0.3, -0.25) is 9.79 Å². The van der Waals surface area contributed by atoms with Crippen molar-refractivity contribution < 1.29 is 4.79 Å². The quantitative estimate of drug-likeness (QED) is 0.535. The van der Waals surface area contributed by atoms with E-state index >= 15 is 0 Å². The van der Waals surface area contributed by atoms with E-state index in [1.807, 2.05) is 11.8 Å². The zero-order valence-corrected chi connectivity index (χ0v) is 19.7. The number of amides is 1. The summed E-state index contributed by atoms with van der Waals surface area (Å²) in [4.78, 5) is 19.7. The first-order valence-corrected chi connectivity index (χ1v) is 12.7. The number of thioether (sulfide) groups is 1. The number of carbonyl (C=O) groups excluding carboxylic acids is 1. The lowest BCUT2D eigenvalue weighted by Crippen LogP contribution is -2.47. The molecule has 1 saturated heterocycles. The van der Waals surface area contributed by atoms with Crippen LogP contribution in [0.1, 0.15) is 49.3 Å². The zero-order valence-electron chi connectivity index (χ0n) is 18.9. The molecule has 1 saturated carbocycles. The average Bonchev–Trinajstić information content (AvgIpc) is 2.74. The average molecular weight is 431 g/mol. The number of aryl methyl sites for hydroxylation is 2. The molecule has 3 rings (SSSR count). The van der Waals surface area contributed by atoms with E-state index in [1.165, 1.54) is 16.7 Å². The molecular weight excluding hydrogens is 392 g/mol. The summed E-state index contributed by atoms with van der Waals surface area (Å²) in [7, 11) is 0. The monoisotopic (exact) mass is 430 g/mol. The van der Waals surface area contributed by atoms with Gasteiger partial charge in [-0.05, 0) is 58.4 Å². The first-order valence-electron chi connectivity index (χ1n) is 11.5. The molecule has 2 fully saturated rings. The molecule has 0 bridgehead atoms. The van der Waals surface area contributed by atoms with E-state index in [0.29, 0.717) is 11.9 Å². The largest absolute Gasteiger partial charge is 0.357 e. The molecule has 1 aromatic rings. The molecule has 2 N–H and O–H groups in total. The molecule has 0 aromatic heterocycles. The Morgan fingerprint density at radius 2 is 1.77 bits per heavy atom. The van der Waals surface area contributed by atoms with Crippen molar-refractivity contribution in [1.82, 2.24) is 15.5 Å². The molecule has 1 heterocycles. The minimum atomic E-state index is 0.218. The van der Waals surface area contributed by atoms with E-state index < -0.39 is 0 Å². The van der Waals surface area contributed by atoms with Crippen LogP contribution < -0.4 is 10.6 Å². The fourth-order valence-corrected chi connectivity index (χ4v) is 5.45. The number of rotatable bonds is 6. The van der Waals surface area contributed by atoms with Gasteiger partial charge in [0.1, 0.15) is 0 Å². The Balaban J connectivity index is 1.46. The first kappa shape index (κ1) is 23.0. The highest BCUT2D eigenvalue weighted by molar-refractivity contribution is 7.99. The topological polar surface area (TPSA) is 56.7 Å². The molecule has 6 heteroatoms. The number of hydrogen-bond donors (Lipinski definition) is 2. The molecule has 5 nitrogen and oxygen atoms in total. The second kappa shape index (κ2) is 11.6. The van der Waals surface area contributed by atoms with Crippen LogP contribution in [0.3, 0.4) is 0 Å². The van der Waals surface area contributed by atoms with E-state index in [9.17, 15) is 4.79 Å². The Bertz CT molecular complexity index is 702. The summed E-state index contributed by atoms with van der Waals surface area (Å²) in [6.07, 6.45) is 5.01. The number of aliphatic imine (C=N–C) groups is 1. The van der Waals surface area contributed by atoms with Crippen LogP contribution in [-0.4, -0.2) is 60.5 Å². The van der Waals surface area contributed by atoms with Gasteiger partial charge < -0.3 is 15.5 Å². The van der Waals surface area contributed by atoms with Crippen LogP contribution in [0.2, 0.25) is 0 Å². The maximum Gasteiger partial charge on any atom is 0.225 e. The van der Waals surface area contributed by atoms with Gasteiger partial charge in [-0.2, -0.15) is 11.8 Å². The fourth-order valence-electron chi connectivity index (χ4n) is 4.55. The van der Waals surface area contributed by atoms with E-state index in [0.717, 1.165) is 75.7 Å². The Morgan fingerprint density at radius 1 is 1.10 bits per heavy atom. The number of benzene rings is 1. The van der Waals surface area contributed by atoms with Gasteiger partial charge in [0.25, 0.3) is 0 Å². The van der Waals surface area contributed by atoms with Crippen LogP contribution >= 0.6 is 11.8 Å². The molecule has 1 amide bonds. The van der Waals surface area contributed by atoms with E-state index in [-0.39, 0.29) is 5.92 Å². The lowest BCUT2D eigenvalue weighted by Gasteiger charge is -2.34. The smallest absolute Gasteiger partial charge is 0.225 e. The Labute approximate surface area is 186 Å². The van der Waals surface area contributed by atoms with Crippen LogP contribution in [0, 0.1) is 19.8 Å². The van der Waals surface area contributed by atoms with Crippen LogP contribution in [-0.2, 0) is 11.2 Å². The zero-order chi connectivity index (χ0) is 21.3. The number of guanidine groups is 1. The number of nitrogens with one attached hydrogen (secondary N) is 2. The Morgan fingerprint density at radius 3 is 2.40 bits per heavy atom. The molecule has 1 aliphatic heterocycles. The lowest BCUT2D eigenvalue weighted by atomic mass is 9.85. The molecule has 0 spiro atoms. The molecule has 0 radical (unpaired) electrons. The number of hydrogen-bond acceptors (Lipinski definition) is 3. The fraction of sp³-hybridized carbons (Fsp3) is 0.667. The van der Waals surface area contributed by atoms with Crippen LogP contribution in [0.25, 0.3) is 0 Å². The van der Waals surface area contributed by atoms with Gasteiger partial charge in [0.15, 0.2) is 5.96 Å². The molecule has 30 heavy (non-hydrogen) atoms. The maximum absolute atomic E-state index is 12.8. The van der Waals surface area contributed by atoms with Crippen molar-refractivity contribution in [2.75, 3.05) is 37.7 Å². The molecule has 0 atom stereocenters. The summed E-state index contributed by atoms with van der Waals surface area (Å²) in [6, 6.07) is 7.12. The van der Waals surface area contributed by atoms with Crippen LogP contribution in [0.5, 0.6) is 0 Å². The number of carbonyl (C=O) groups is 1. The van der Waals surface area contributed by atoms with Crippen molar-refractivity contribution in [2.24, 2.45) is 10.9 Å². The minimum absolute atomic E-state index is 0.218. The highest BCUT2D eigenvalue weighted by Crippen LogP contribution is 2.27. The summed E-state index contributed by atoms with van der Waals surface area (Å²) in [6.45, 7) is 9.90. The second-order valence-corrected chi connectivity index (χ2v) is 9.86. The van der Waals surface area contributed by atoms with Gasteiger partial charge >= 0.3 is 0 Å². The van der Waals surface area contributed by atoms with Gasteiger partial charge in [-0.25, -0.2) is 0 Å². The predicted octanol–water partition coefficient (Wildman–Crippen LogP) is 3.54. The van der Waals surface area contributed by atoms with Gasteiger partial charge in [-0.15, -0.1) is 0 Å². The minimum Gasteiger partial charge on any atom is -0.357 e. The SMILES string of the molecule is CCNC(=NCCc1cc(C)cc(C)c1)NC1CCC(C(=O)N2CCSCC2)CC1. The van der Waals surface area contributed by atoms with Gasteiger partial charge in [0.2, 0.25) is 5.91 Å². The summed E-state index contributed by atoms with van der Waals surface area (Å²) < 4.78 is 0. The first-order chi connectivity index (χ1) is 14.5. The van der Waals surface area contributed by atoms with E-state index in [4.69, 9.17) is 4.99 Å². The van der Waals surface area contributed by atoms with Crippen LogP contribution in [0.4, 0.5) is 0 Å². The van der Waals surface area contributed by atoms with Crippen molar-refractivity contribution in [3.8, 4) is 0 Å². The molecule has 2 aliphatic rings. The highest BCUT2D eigenvalue weighted by atomic mass is 32.2. The third-order valence-electron chi connectivity index (χ3n) is 6.04. The summed E-state index contributed by atoms with van der Waals surface area (Å²) >= 11 is 1.96. The van der Waals surface area contributed by atoms with E-state index in [1.54, 1.807) is 0 Å². The predicted molar refractivity (Wildman–Crippen MR) is 128 cm³/mol. The second-order valence-electron chi connectivity index (χ2n) is 8.64. The molecular formula is C24H38N4OS. The Hall–Kier alpha value is -1.69. The van der Waals surface area contributed by atoms with Crippen LogP contribution in [0.15, 0.2) is 23.2 Å². The van der Waals surface area contributed by atoms with Crippen molar-refractivity contribution in [2.45, 2.75) is 58.9 Å². The lowest BCUT2D eigenvalue weighted by molar-refractivity contribution is -0.136. The standard InChI is InChI=1S/C24H38N4OS/c1-4-25-24(26-10-9-20-16-18(2)15-19(3)17-20)27-22-7-5-21(6-8-22)23(29)28-11-13-30-14-12-28/h15-17,21-22H,4-14H2,1-3H3,(H2,25,26,27). The van der Waals surface area contributed by atoms with Crippen molar-refractivity contribution in [1.29, 1.82) is 0 Å². The van der Waals surface area contributed by atoms with Crippen molar-refractivity contribution >= 4 is 23.6 Å². The third-order valence-corrected chi connectivity index (χ3v) is 6.98. The van der Waals surface area contributed by atoms with Gasteiger partial charge in [-0.1, -0.05) is 29.3 Å². The molecule has 1 aromatic carbocycles.